The molecule has 0 unspecified atom stereocenters. The Balaban J connectivity index is 2.42. The van der Waals surface area contributed by atoms with E-state index in [1.165, 1.54) is 4.68 Å². The Labute approximate surface area is 110 Å². The Morgan fingerprint density at radius 3 is 2.58 bits per heavy atom. The second-order valence-electron chi connectivity index (χ2n) is 5.47. The first-order chi connectivity index (χ1) is 8.79. The summed E-state index contributed by atoms with van der Waals surface area (Å²) in [4.78, 5) is 0. The molecule has 102 valence electrons. The van der Waals surface area contributed by atoms with Crippen molar-refractivity contribution in [3.63, 3.8) is 0 Å². The summed E-state index contributed by atoms with van der Waals surface area (Å²) in [6.07, 6.45) is 0. The number of nitrogens with zero attached hydrogens (tertiary/aromatic N) is 3. The van der Waals surface area contributed by atoms with Crippen LogP contribution in [-0.2, 0) is 12.0 Å². The molecule has 0 saturated heterocycles. The predicted octanol–water partition coefficient (Wildman–Crippen LogP) is 2.48. The van der Waals surface area contributed by atoms with Gasteiger partial charge in [0.25, 0.3) is 0 Å². The largest absolute Gasteiger partial charge is 0.381 e. The van der Waals surface area contributed by atoms with Crippen molar-refractivity contribution in [1.29, 1.82) is 0 Å². The van der Waals surface area contributed by atoms with Crippen LogP contribution in [0.15, 0.2) is 18.2 Å². The summed E-state index contributed by atoms with van der Waals surface area (Å²) < 4.78 is 28.3. The van der Waals surface area contributed by atoms with E-state index in [4.69, 9.17) is 5.73 Å². The Morgan fingerprint density at radius 2 is 1.95 bits per heavy atom. The number of aromatic nitrogens is 3. The molecule has 1 aromatic carbocycles. The molecule has 1 aromatic heterocycles. The van der Waals surface area contributed by atoms with Gasteiger partial charge in [0.2, 0.25) is 0 Å². The summed E-state index contributed by atoms with van der Waals surface area (Å²) in [6, 6.07) is 3.33. The maximum atomic E-state index is 13.6. The number of rotatable bonds is 2. The molecule has 0 fully saturated rings. The number of hydrogen-bond donors (Lipinski definition) is 1. The molecule has 0 bridgehead atoms. The van der Waals surface area contributed by atoms with E-state index < -0.39 is 11.6 Å². The van der Waals surface area contributed by atoms with E-state index >= 15 is 0 Å². The summed E-state index contributed by atoms with van der Waals surface area (Å²) in [5, 5.41) is 7.71. The second-order valence-corrected chi connectivity index (χ2v) is 5.47. The summed E-state index contributed by atoms with van der Waals surface area (Å²) in [5.74, 6) is -0.651. The fourth-order valence-corrected chi connectivity index (χ4v) is 2.03. The van der Waals surface area contributed by atoms with Crippen molar-refractivity contribution in [2.24, 2.45) is 0 Å². The van der Waals surface area contributed by atoms with E-state index in [1.807, 2.05) is 20.8 Å². The van der Waals surface area contributed by atoms with Gasteiger partial charge in [0, 0.05) is 11.0 Å². The van der Waals surface area contributed by atoms with Crippen molar-refractivity contribution >= 4 is 5.82 Å². The molecule has 19 heavy (non-hydrogen) atoms. The number of halogens is 2. The molecule has 0 aliphatic rings. The summed E-state index contributed by atoms with van der Waals surface area (Å²) in [7, 11) is 0. The summed E-state index contributed by atoms with van der Waals surface area (Å²) in [5.41, 5.74) is 6.43. The minimum Gasteiger partial charge on any atom is -0.381 e. The third kappa shape index (κ3) is 2.72. The van der Waals surface area contributed by atoms with Crippen LogP contribution >= 0.6 is 0 Å². The molecular formula is C13H16F2N4. The molecular weight excluding hydrogens is 250 g/mol. The fourth-order valence-electron chi connectivity index (χ4n) is 2.03. The highest BCUT2D eigenvalue weighted by atomic mass is 19.1. The minimum absolute atomic E-state index is 0.0976. The average molecular weight is 266 g/mol. The number of nitrogens with two attached hydrogens (primary N) is 1. The second kappa shape index (κ2) is 4.60. The molecule has 0 aliphatic carbocycles. The van der Waals surface area contributed by atoms with Gasteiger partial charge in [-0.05, 0) is 18.2 Å². The number of anilines is 1. The van der Waals surface area contributed by atoms with Crippen LogP contribution in [0.2, 0.25) is 0 Å². The maximum absolute atomic E-state index is 13.6. The zero-order chi connectivity index (χ0) is 14.2. The van der Waals surface area contributed by atoms with Crippen LogP contribution in [0.3, 0.4) is 0 Å². The molecule has 0 saturated carbocycles. The van der Waals surface area contributed by atoms with Crippen LogP contribution in [0.4, 0.5) is 14.6 Å². The van der Waals surface area contributed by atoms with Crippen molar-refractivity contribution in [2.45, 2.75) is 32.7 Å². The van der Waals surface area contributed by atoms with E-state index in [-0.39, 0.29) is 17.5 Å². The maximum Gasteiger partial charge on any atom is 0.169 e. The smallest absolute Gasteiger partial charge is 0.169 e. The van der Waals surface area contributed by atoms with Crippen molar-refractivity contribution < 1.29 is 8.78 Å². The molecule has 6 heteroatoms. The van der Waals surface area contributed by atoms with E-state index in [9.17, 15) is 8.78 Å². The zero-order valence-corrected chi connectivity index (χ0v) is 11.1. The Kier molecular flexibility index (Phi) is 3.26. The van der Waals surface area contributed by atoms with Crippen molar-refractivity contribution in [3.8, 4) is 0 Å². The summed E-state index contributed by atoms with van der Waals surface area (Å²) >= 11 is 0. The lowest BCUT2D eigenvalue weighted by Crippen LogP contribution is -2.20. The third-order valence-electron chi connectivity index (χ3n) is 2.80. The first-order valence-electron chi connectivity index (χ1n) is 5.92. The van der Waals surface area contributed by atoms with Crippen LogP contribution in [-0.4, -0.2) is 15.0 Å². The first kappa shape index (κ1) is 13.5. The molecule has 1 heterocycles. The van der Waals surface area contributed by atoms with Gasteiger partial charge in [-0.1, -0.05) is 26.0 Å². The number of hydrogen-bond acceptors (Lipinski definition) is 3. The molecule has 0 atom stereocenters. The Bertz CT molecular complexity index is 599. The minimum atomic E-state index is -0.484. The third-order valence-corrected chi connectivity index (χ3v) is 2.80. The lowest BCUT2D eigenvalue weighted by atomic mass is 9.91. The van der Waals surface area contributed by atoms with Crippen LogP contribution < -0.4 is 5.73 Å². The number of benzene rings is 1. The molecule has 0 radical (unpaired) electrons. The van der Waals surface area contributed by atoms with Gasteiger partial charge >= 0.3 is 0 Å². The topological polar surface area (TPSA) is 56.7 Å². The van der Waals surface area contributed by atoms with Gasteiger partial charge < -0.3 is 5.73 Å². The lowest BCUT2D eigenvalue weighted by molar-refractivity contribution is 0.491. The van der Waals surface area contributed by atoms with Gasteiger partial charge in [-0.2, -0.15) is 0 Å². The van der Waals surface area contributed by atoms with Gasteiger partial charge in [-0.15, -0.1) is 5.10 Å². The molecule has 4 nitrogen and oxygen atoms in total. The van der Waals surface area contributed by atoms with Crippen molar-refractivity contribution in [3.05, 3.63) is 41.1 Å². The Morgan fingerprint density at radius 1 is 1.26 bits per heavy atom. The average Bonchev–Trinajstić information content (AvgIpc) is 2.64. The lowest BCUT2D eigenvalue weighted by Gasteiger charge is -2.20. The highest BCUT2D eigenvalue weighted by Gasteiger charge is 2.24. The van der Waals surface area contributed by atoms with E-state index in [2.05, 4.69) is 10.3 Å². The van der Waals surface area contributed by atoms with Gasteiger partial charge in [-0.3, -0.25) is 0 Å². The van der Waals surface area contributed by atoms with Crippen LogP contribution in [0, 0.1) is 11.6 Å². The van der Waals surface area contributed by atoms with Crippen LogP contribution in [0.1, 0.15) is 32.0 Å². The monoisotopic (exact) mass is 266 g/mol. The highest BCUT2D eigenvalue weighted by Crippen LogP contribution is 2.26. The quantitative estimate of drug-likeness (QED) is 0.908. The molecule has 2 rings (SSSR count). The van der Waals surface area contributed by atoms with Gasteiger partial charge in [0.1, 0.15) is 11.6 Å². The normalized spacial score (nSPS) is 11.8. The molecule has 0 spiro atoms. The van der Waals surface area contributed by atoms with Gasteiger partial charge in [0.05, 0.1) is 12.2 Å². The molecule has 0 amide bonds. The zero-order valence-electron chi connectivity index (χ0n) is 11.1. The van der Waals surface area contributed by atoms with Crippen molar-refractivity contribution in [2.75, 3.05) is 5.73 Å². The van der Waals surface area contributed by atoms with E-state index in [1.54, 1.807) is 0 Å². The molecule has 2 aromatic rings. The SMILES string of the molecule is CC(C)(C)c1c(N)nnn1Cc1cc(F)ccc1F. The number of nitrogen functional groups attached to an aromatic ring is 1. The van der Waals surface area contributed by atoms with Gasteiger partial charge in [0.15, 0.2) is 5.82 Å². The molecule has 2 N–H and O–H groups in total. The van der Waals surface area contributed by atoms with E-state index in [0.717, 1.165) is 18.2 Å². The highest BCUT2D eigenvalue weighted by molar-refractivity contribution is 5.38. The summed E-state index contributed by atoms with van der Waals surface area (Å²) in [6.45, 7) is 5.97. The molecule has 0 aliphatic heterocycles. The van der Waals surface area contributed by atoms with Gasteiger partial charge in [-0.25, -0.2) is 13.5 Å². The van der Waals surface area contributed by atoms with Crippen LogP contribution in [0.25, 0.3) is 0 Å². The predicted molar refractivity (Wildman–Crippen MR) is 68.6 cm³/mol. The van der Waals surface area contributed by atoms with Crippen molar-refractivity contribution in [1.82, 2.24) is 15.0 Å². The first-order valence-corrected chi connectivity index (χ1v) is 5.92. The van der Waals surface area contributed by atoms with Crippen LogP contribution in [0.5, 0.6) is 0 Å². The fraction of sp³-hybridized carbons (Fsp3) is 0.385. The standard InChI is InChI=1S/C13H16F2N4/c1-13(2,3)11-12(16)17-18-19(11)7-8-6-9(14)4-5-10(8)15/h4-6H,7,16H2,1-3H3. The Hall–Kier alpha value is -1.98. The van der Waals surface area contributed by atoms with E-state index in [0.29, 0.717) is 11.5 Å².